The summed E-state index contributed by atoms with van der Waals surface area (Å²) < 4.78 is 25.8. The fraction of sp³-hybridized carbons (Fsp3) is 0.900. The largest absolute Gasteiger partial charge is 0.392 e. The van der Waals surface area contributed by atoms with Crippen LogP contribution in [0.1, 0.15) is 33.1 Å². The zero-order valence-electron chi connectivity index (χ0n) is 9.85. The van der Waals surface area contributed by atoms with Gasteiger partial charge in [-0.25, -0.2) is 12.7 Å². The number of rotatable bonds is 4. The lowest BCUT2D eigenvalue weighted by Gasteiger charge is -2.33. The van der Waals surface area contributed by atoms with Gasteiger partial charge in [0.2, 0.25) is 10.0 Å². The van der Waals surface area contributed by atoms with Gasteiger partial charge < -0.3 is 5.73 Å². The van der Waals surface area contributed by atoms with Crippen LogP contribution < -0.4 is 5.73 Å². The van der Waals surface area contributed by atoms with Crippen LogP contribution >= 0.6 is 12.2 Å². The highest BCUT2D eigenvalue weighted by Gasteiger charge is 2.33. The molecule has 0 saturated carbocycles. The molecule has 1 saturated heterocycles. The molecular weight excluding hydrogens is 244 g/mol. The van der Waals surface area contributed by atoms with E-state index in [1.807, 2.05) is 0 Å². The first-order valence-electron chi connectivity index (χ1n) is 5.67. The molecule has 4 nitrogen and oxygen atoms in total. The van der Waals surface area contributed by atoms with Crippen LogP contribution in [-0.2, 0) is 10.0 Å². The van der Waals surface area contributed by atoms with Gasteiger partial charge in [-0.2, -0.15) is 0 Å². The van der Waals surface area contributed by atoms with Crippen molar-refractivity contribution < 1.29 is 8.42 Å². The molecule has 0 aromatic carbocycles. The summed E-state index contributed by atoms with van der Waals surface area (Å²) in [4.78, 5) is 0.0543. The van der Waals surface area contributed by atoms with E-state index in [9.17, 15) is 8.42 Å². The minimum absolute atomic E-state index is 0.0543. The Morgan fingerprint density at radius 3 is 2.75 bits per heavy atom. The molecule has 0 amide bonds. The summed E-state index contributed by atoms with van der Waals surface area (Å²) >= 11 is 4.77. The van der Waals surface area contributed by atoms with Crippen molar-refractivity contribution in [1.29, 1.82) is 0 Å². The minimum atomic E-state index is -3.34. The van der Waals surface area contributed by atoms with E-state index in [0.29, 0.717) is 19.0 Å². The van der Waals surface area contributed by atoms with Gasteiger partial charge in [0.15, 0.2) is 0 Å². The molecule has 1 rings (SSSR count). The van der Waals surface area contributed by atoms with Crippen LogP contribution in [-0.4, -0.2) is 36.1 Å². The van der Waals surface area contributed by atoms with Crippen LogP contribution in [0.4, 0.5) is 0 Å². The van der Waals surface area contributed by atoms with Crippen LogP contribution in [0.15, 0.2) is 0 Å². The molecule has 0 aliphatic carbocycles. The van der Waals surface area contributed by atoms with Crippen molar-refractivity contribution in [2.45, 2.75) is 38.4 Å². The third-order valence-corrected chi connectivity index (χ3v) is 5.97. The highest BCUT2D eigenvalue weighted by molar-refractivity contribution is 7.92. The average molecular weight is 264 g/mol. The summed E-state index contributed by atoms with van der Waals surface area (Å²) in [5.41, 5.74) is 5.42. The van der Waals surface area contributed by atoms with E-state index in [4.69, 9.17) is 18.0 Å². The lowest BCUT2D eigenvalue weighted by atomic mass is 9.97. The van der Waals surface area contributed by atoms with Crippen molar-refractivity contribution in [2.24, 2.45) is 11.7 Å². The molecule has 16 heavy (non-hydrogen) atoms. The number of sulfonamides is 1. The summed E-state index contributed by atoms with van der Waals surface area (Å²) in [5, 5.41) is -0.752. The Balaban J connectivity index is 2.79. The van der Waals surface area contributed by atoms with E-state index >= 15 is 0 Å². The van der Waals surface area contributed by atoms with E-state index in [0.717, 1.165) is 19.3 Å². The number of nitrogens with zero attached hydrogens (tertiary/aromatic N) is 1. The highest BCUT2D eigenvalue weighted by Crippen LogP contribution is 2.23. The fourth-order valence-electron chi connectivity index (χ4n) is 1.96. The Morgan fingerprint density at radius 1 is 1.62 bits per heavy atom. The summed E-state index contributed by atoms with van der Waals surface area (Å²) in [5.74, 6) is 0.474. The van der Waals surface area contributed by atoms with Crippen LogP contribution in [0.2, 0.25) is 0 Å². The summed E-state index contributed by atoms with van der Waals surface area (Å²) in [7, 11) is -3.34. The van der Waals surface area contributed by atoms with Crippen LogP contribution in [0.25, 0.3) is 0 Å². The maximum atomic E-state index is 12.1. The Morgan fingerprint density at radius 2 is 2.25 bits per heavy atom. The van der Waals surface area contributed by atoms with Crippen molar-refractivity contribution in [3.63, 3.8) is 0 Å². The van der Waals surface area contributed by atoms with Crippen molar-refractivity contribution in [2.75, 3.05) is 13.1 Å². The smallest absolute Gasteiger partial charge is 0.223 e. The fourth-order valence-corrected chi connectivity index (χ4v) is 3.87. The molecule has 2 atom stereocenters. The van der Waals surface area contributed by atoms with E-state index in [1.165, 1.54) is 0 Å². The predicted molar refractivity (Wildman–Crippen MR) is 69.8 cm³/mol. The molecule has 1 heterocycles. The second kappa shape index (κ2) is 5.42. The zero-order valence-corrected chi connectivity index (χ0v) is 11.5. The molecule has 94 valence electrons. The molecule has 0 spiro atoms. The number of thiocarbonyl (C=S) groups is 1. The standard InChI is InChI=1S/C10H20N2O2S2/c1-3-9-5-4-6-12(7-9)16(13,14)8(2)10(11)15/h8-9H,3-7H2,1-2H3,(H2,11,15). The SMILES string of the molecule is CCC1CCCN(S(=O)(=O)C(C)C(N)=S)C1. The zero-order chi connectivity index (χ0) is 12.3. The lowest BCUT2D eigenvalue weighted by molar-refractivity contribution is 0.261. The molecule has 6 heteroatoms. The summed E-state index contributed by atoms with van der Waals surface area (Å²) in [6.07, 6.45) is 3.07. The third kappa shape index (κ3) is 2.93. The monoisotopic (exact) mass is 264 g/mol. The molecule has 0 bridgehead atoms. The number of piperidine rings is 1. The van der Waals surface area contributed by atoms with Gasteiger partial charge in [-0.05, 0) is 25.7 Å². The summed E-state index contributed by atoms with van der Waals surface area (Å²) in [6.45, 7) is 4.88. The highest BCUT2D eigenvalue weighted by atomic mass is 32.2. The van der Waals surface area contributed by atoms with Gasteiger partial charge in [-0.15, -0.1) is 0 Å². The Bertz CT molecular complexity index is 354. The third-order valence-electron chi connectivity index (χ3n) is 3.27. The van der Waals surface area contributed by atoms with E-state index in [1.54, 1.807) is 11.2 Å². The molecular formula is C10H20N2O2S2. The van der Waals surface area contributed by atoms with E-state index < -0.39 is 15.3 Å². The molecule has 2 N–H and O–H groups in total. The first kappa shape index (κ1) is 13.9. The maximum absolute atomic E-state index is 12.1. The van der Waals surface area contributed by atoms with Gasteiger partial charge in [0.25, 0.3) is 0 Å². The second-order valence-electron chi connectivity index (χ2n) is 4.36. The molecule has 1 aliphatic rings. The first-order chi connectivity index (χ1) is 7.39. The first-order valence-corrected chi connectivity index (χ1v) is 7.59. The van der Waals surface area contributed by atoms with Crippen LogP contribution in [0, 0.1) is 5.92 Å². The van der Waals surface area contributed by atoms with Gasteiger partial charge in [-0.3, -0.25) is 0 Å². The van der Waals surface area contributed by atoms with Crippen molar-refractivity contribution in [3.05, 3.63) is 0 Å². The van der Waals surface area contributed by atoms with Crippen LogP contribution in [0.3, 0.4) is 0 Å². The lowest BCUT2D eigenvalue weighted by Crippen LogP contribution is -2.47. The Labute approximate surface area is 103 Å². The molecule has 0 radical (unpaired) electrons. The maximum Gasteiger partial charge on any atom is 0.223 e. The Kier molecular flexibility index (Phi) is 4.70. The number of hydrogen-bond acceptors (Lipinski definition) is 3. The van der Waals surface area contributed by atoms with Gasteiger partial charge in [0.1, 0.15) is 5.25 Å². The topological polar surface area (TPSA) is 63.4 Å². The van der Waals surface area contributed by atoms with E-state index in [-0.39, 0.29) is 4.99 Å². The molecule has 0 aromatic rings. The van der Waals surface area contributed by atoms with Gasteiger partial charge in [0.05, 0.1) is 4.99 Å². The van der Waals surface area contributed by atoms with E-state index in [2.05, 4.69) is 6.92 Å². The minimum Gasteiger partial charge on any atom is -0.392 e. The number of hydrogen-bond donors (Lipinski definition) is 1. The second-order valence-corrected chi connectivity index (χ2v) is 7.09. The van der Waals surface area contributed by atoms with Crippen LogP contribution in [0.5, 0.6) is 0 Å². The quantitative estimate of drug-likeness (QED) is 0.773. The average Bonchev–Trinajstić information content (AvgIpc) is 2.27. The molecule has 2 unspecified atom stereocenters. The van der Waals surface area contributed by atoms with Gasteiger partial charge in [0, 0.05) is 13.1 Å². The predicted octanol–water partition coefficient (Wildman–Crippen LogP) is 1.11. The van der Waals surface area contributed by atoms with Crippen molar-refractivity contribution in [3.8, 4) is 0 Å². The van der Waals surface area contributed by atoms with Crippen molar-refractivity contribution >= 4 is 27.2 Å². The number of nitrogens with two attached hydrogens (primary N) is 1. The Hall–Kier alpha value is -0.200. The normalized spacial score (nSPS) is 25.2. The molecule has 1 aliphatic heterocycles. The van der Waals surface area contributed by atoms with Crippen molar-refractivity contribution in [1.82, 2.24) is 4.31 Å². The van der Waals surface area contributed by atoms with Gasteiger partial charge in [-0.1, -0.05) is 25.6 Å². The van der Waals surface area contributed by atoms with Gasteiger partial charge >= 0.3 is 0 Å². The summed E-state index contributed by atoms with van der Waals surface area (Å²) in [6, 6.07) is 0. The molecule has 0 aromatic heterocycles. The molecule has 1 fully saturated rings.